The third-order valence-electron chi connectivity index (χ3n) is 2.08. The van der Waals surface area contributed by atoms with Gasteiger partial charge >= 0.3 is 0 Å². The molecule has 1 unspecified atom stereocenters. The topological polar surface area (TPSA) is 59.1 Å². The van der Waals surface area contributed by atoms with E-state index in [0.29, 0.717) is 0 Å². The van der Waals surface area contributed by atoms with Crippen molar-refractivity contribution in [3.8, 4) is 5.75 Å². The molecule has 0 aliphatic heterocycles. The van der Waals surface area contributed by atoms with Gasteiger partial charge in [-0.2, -0.15) is 0 Å². The van der Waals surface area contributed by atoms with Crippen molar-refractivity contribution in [2.75, 3.05) is 0 Å². The number of hydrogen-bond donors (Lipinski definition) is 2. The second-order valence-electron chi connectivity index (χ2n) is 2.87. The van der Waals surface area contributed by atoms with Crippen LogP contribution in [0.1, 0.15) is 23.7 Å². The number of aromatic nitrogens is 1. The van der Waals surface area contributed by atoms with Crippen LogP contribution in [0, 0.1) is 0 Å². The van der Waals surface area contributed by atoms with Crippen LogP contribution in [0.25, 0.3) is 0 Å². The highest BCUT2D eigenvalue weighted by atomic mass is 16.3. The van der Waals surface area contributed by atoms with Gasteiger partial charge in [0, 0.05) is 11.7 Å². The number of aromatic hydroxyl groups is 1. The zero-order valence-electron chi connectivity index (χ0n) is 6.12. The molecule has 0 bridgehead atoms. The van der Waals surface area contributed by atoms with Crippen molar-refractivity contribution in [3.05, 3.63) is 23.5 Å². The molecule has 1 heterocycles. The van der Waals surface area contributed by atoms with Crippen LogP contribution in [0.3, 0.4) is 0 Å². The molecule has 3 N–H and O–H groups in total. The summed E-state index contributed by atoms with van der Waals surface area (Å²) in [5, 5.41) is 9.10. The molecule has 0 spiro atoms. The molecule has 2 rings (SSSR count). The van der Waals surface area contributed by atoms with Crippen LogP contribution in [-0.2, 0) is 6.42 Å². The maximum atomic E-state index is 9.10. The fourth-order valence-electron chi connectivity index (χ4n) is 1.48. The van der Waals surface area contributed by atoms with Crippen molar-refractivity contribution in [3.63, 3.8) is 0 Å². The first-order chi connectivity index (χ1) is 5.27. The van der Waals surface area contributed by atoms with Crippen LogP contribution in [0.5, 0.6) is 5.75 Å². The molecular formula is C8H10N2O. The Kier molecular flexibility index (Phi) is 1.32. The van der Waals surface area contributed by atoms with Crippen molar-refractivity contribution < 1.29 is 5.11 Å². The fraction of sp³-hybridized carbons (Fsp3) is 0.375. The van der Waals surface area contributed by atoms with Crippen molar-refractivity contribution in [2.45, 2.75) is 18.9 Å². The molecule has 1 atom stereocenters. The lowest BCUT2D eigenvalue weighted by molar-refractivity contribution is 0.471. The average Bonchev–Trinajstić information content (AvgIpc) is 2.33. The van der Waals surface area contributed by atoms with E-state index in [2.05, 4.69) is 4.98 Å². The summed E-state index contributed by atoms with van der Waals surface area (Å²) in [6.45, 7) is 0. The standard InChI is InChI=1S/C8H10N2O/c9-7-1-2-8-6(7)3-5(11)4-10-8/h3-4,7,11H,1-2,9H2. The minimum Gasteiger partial charge on any atom is -0.506 e. The van der Waals surface area contributed by atoms with Gasteiger partial charge in [0.1, 0.15) is 5.75 Å². The summed E-state index contributed by atoms with van der Waals surface area (Å²) in [6.07, 6.45) is 3.36. The van der Waals surface area contributed by atoms with Gasteiger partial charge in [-0.1, -0.05) is 0 Å². The van der Waals surface area contributed by atoms with Crippen LogP contribution in [-0.4, -0.2) is 10.1 Å². The SMILES string of the molecule is NC1CCc2ncc(O)cc21. The quantitative estimate of drug-likeness (QED) is 0.573. The van der Waals surface area contributed by atoms with Gasteiger partial charge in [-0.25, -0.2) is 0 Å². The van der Waals surface area contributed by atoms with Crippen LogP contribution in [0.2, 0.25) is 0 Å². The zero-order chi connectivity index (χ0) is 7.84. The first-order valence-corrected chi connectivity index (χ1v) is 3.71. The Bertz CT molecular complexity index is 285. The normalized spacial score (nSPS) is 21.7. The lowest BCUT2D eigenvalue weighted by atomic mass is 10.1. The van der Waals surface area contributed by atoms with Gasteiger partial charge < -0.3 is 10.8 Å². The smallest absolute Gasteiger partial charge is 0.134 e. The highest BCUT2D eigenvalue weighted by Crippen LogP contribution is 2.29. The summed E-state index contributed by atoms with van der Waals surface area (Å²) >= 11 is 0. The Morgan fingerprint density at radius 3 is 3.27 bits per heavy atom. The van der Waals surface area contributed by atoms with E-state index in [1.807, 2.05) is 0 Å². The van der Waals surface area contributed by atoms with Crippen LogP contribution in [0.4, 0.5) is 0 Å². The van der Waals surface area contributed by atoms with Gasteiger partial charge in [0.05, 0.1) is 6.20 Å². The van der Waals surface area contributed by atoms with Crippen molar-refractivity contribution in [1.29, 1.82) is 0 Å². The van der Waals surface area contributed by atoms with E-state index >= 15 is 0 Å². The number of fused-ring (bicyclic) bond motifs is 1. The molecule has 1 aromatic rings. The van der Waals surface area contributed by atoms with Gasteiger partial charge in [-0.05, 0) is 24.5 Å². The van der Waals surface area contributed by atoms with E-state index in [-0.39, 0.29) is 11.8 Å². The monoisotopic (exact) mass is 150 g/mol. The molecule has 0 radical (unpaired) electrons. The summed E-state index contributed by atoms with van der Waals surface area (Å²) in [5.74, 6) is 0.209. The third-order valence-corrected chi connectivity index (χ3v) is 2.08. The molecular weight excluding hydrogens is 140 g/mol. The number of nitrogens with zero attached hydrogens (tertiary/aromatic N) is 1. The second kappa shape index (κ2) is 2.20. The lowest BCUT2D eigenvalue weighted by Gasteiger charge is -2.02. The molecule has 0 amide bonds. The summed E-state index contributed by atoms with van der Waals surface area (Å²) in [6, 6.07) is 1.78. The van der Waals surface area contributed by atoms with Gasteiger partial charge in [-0.15, -0.1) is 0 Å². The molecule has 3 nitrogen and oxygen atoms in total. The van der Waals surface area contributed by atoms with E-state index < -0.39 is 0 Å². The molecule has 1 aromatic heterocycles. The number of hydrogen-bond acceptors (Lipinski definition) is 3. The predicted octanol–water partition coefficient (Wildman–Crippen LogP) is 0.733. The molecule has 1 aliphatic carbocycles. The Morgan fingerprint density at radius 1 is 1.64 bits per heavy atom. The average molecular weight is 150 g/mol. The highest BCUT2D eigenvalue weighted by Gasteiger charge is 2.19. The Labute approximate surface area is 64.9 Å². The number of aryl methyl sites for hydroxylation is 1. The summed E-state index contributed by atoms with van der Waals surface area (Å²) < 4.78 is 0. The Balaban J connectivity index is 2.52. The Hall–Kier alpha value is -1.09. The van der Waals surface area contributed by atoms with E-state index in [1.54, 1.807) is 6.07 Å². The minimum absolute atomic E-state index is 0.0737. The highest BCUT2D eigenvalue weighted by molar-refractivity contribution is 5.34. The molecule has 1 aliphatic rings. The van der Waals surface area contributed by atoms with Crippen LogP contribution in [0.15, 0.2) is 12.3 Å². The first kappa shape index (κ1) is 6.61. The summed E-state index contributed by atoms with van der Waals surface area (Å²) in [4.78, 5) is 4.08. The molecule has 0 fully saturated rings. The summed E-state index contributed by atoms with van der Waals surface area (Å²) in [7, 11) is 0. The lowest BCUT2D eigenvalue weighted by Crippen LogP contribution is -2.05. The fourth-order valence-corrected chi connectivity index (χ4v) is 1.48. The van der Waals surface area contributed by atoms with Gasteiger partial charge in [-0.3, -0.25) is 4.98 Å². The van der Waals surface area contributed by atoms with Crippen molar-refractivity contribution in [1.82, 2.24) is 4.98 Å². The van der Waals surface area contributed by atoms with Gasteiger partial charge in [0.2, 0.25) is 0 Å². The van der Waals surface area contributed by atoms with E-state index in [4.69, 9.17) is 10.8 Å². The van der Waals surface area contributed by atoms with Gasteiger partial charge in [0.25, 0.3) is 0 Å². The molecule has 58 valence electrons. The molecule has 0 saturated heterocycles. The second-order valence-corrected chi connectivity index (χ2v) is 2.87. The minimum atomic E-state index is 0.0737. The van der Waals surface area contributed by atoms with Crippen molar-refractivity contribution in [2.24, 2.45) is 5.73 Å². The van der Waals surface area contributed by atoms with Crippen LogP contribution >= 0.6 is 0 Å². The van der Waals surface area contributed by atoms with Crippen LogP contribution < -0.4 is 5.73 Å². The first-order valence-electron chi connectivity index (χ1n) is 3.71. The number of pyridine rings is 1. The molecule has 0 saturated carbocycles. The van der Waals surface area contributed by atoms with E-state index in [0.717, 1.165) is 24.1 Å². The Morgan fingerprint density at radius 2 is 2.45 bits per heavy atom. The summed E-state index contributed by atoms with van der Waals surface area (Å²) in [5.41, 5.74) is 7.81. The third kappa shape index (κ3) is 0.973. The van der Waals surface area contributed by atoms with E-state index in [9.17, 15) is 0 Å². The largest absolute Gasteiger partial charge is 0.506 e. The van der Waals surface area contributed by atoms with Gasteiger partial charge in [0.15, 0.2) is 0 Å². The predicted molar refractivity (Wildman–Crippen MR) is 41.2 cm³/mol. The van der Waals surface area contributed by atoms with Crippen molar-refractivity contribution >= 4 is 0 Å². The number of nitrogens with two attached hydrogens (primary N) is 1. The van der Waals surface area contributed by atoms with E-state index in [1.165, 1.54) is 6.20 Å². The zero-order valence-corrected chi connectivity index (χ0v) is 6.12. The molecule has 3 heteroatoms. The molecule has 11 heavy (non-hydrogen) atoms. The maximum Gasteiger partial charge on any atom is 0.134 e. The maximum absolute atomic E-state index is 9.10. The molecule has 0 aromatic carbocycles. The number of rotatable bonds is 0.